The van der Waals surface area contributed by atoms with Gasteiger partial charge in [-0.15, -0.1) is 0 Å². The van der Waals surface area contributed by atoms with Crippen LogP contribution in [-0.4, -0.2) is 47.1 Å². The largest absolute Gasteiger partial charge is 0.508 e. The first-order valence-electron chi connectivity index (χ1n) is 9.09. The summed E-state index contributed by atoms with van der Waals surface area (Å²) in [5.74, 6) is 0.368. The minimum atomic E-state index is 0.368. The van der Waals surface area contributed by atoms with Gasteiger partial charge in [-0.25, -0.2) is 0 Å². The van der Waals surface area contributed by atoms with Gasteiger partial charge < -0.3 is 5.11 Å². The number of phenols is 1. The van der Waals surface area contributed by atoms with Crippen molar-refractivity contribution in [2.45, 2.75) is 31.8 Å². The predicted molar refractivity (Wildman–Crippen MR) is 97.2 cm³/mol. The number of piperazine rings is 1. The van der Waals surface area contributed by atoms with Gasteiger partial charge >= 0.3 is 0 Å². The second-order valence-corrected chi connectivity index (χ2v) is 7.15. The van der Waals surface area contributed by atoms with E-state index in [1.807, 2.05) is 12.1 Å². The van der Waals surface area contributed by atoms with Crippen LogP contribution < -0.4 is 0 Å². The fourth-order valence-electron chi connectivity index (χ4n) is 4.19. The van der Waals surface area contributed by atoms with Crippen molar-refractivity contribution in [2.75, 3.05) is 26.2 Å². The van der Waals surface area contributed by atoms with E-state index in [-0.39, 0.29) is 0 Å². The molecule has 1 atom stereocenters. The molecular weight excluding hydrogens is 296 g/mol. The number of phenolic OH excluding ortho intramolecular Hbond substituents is 1. The second-order valence-electron chi connectivity index (χ2n) is 7.15. The first-order chi connectivity index (χ1) is 11.8. The zero-order valence-electron chi connectivity index (χ0n) is 14.2. The monoisotopic (exact) mass is 322 g/mol. The minimum absolute atomic E-state index is 0.368. The summed E-state index contributed by atoms with van der Waals surface area (Å²) < 4.78 is 0. The Labute approximate surface area is 144 Å². The molecule has 24 heavy (non-hydrogen) atoms. The standard InChI is InChI=1S/C21H26N2O/c24-21-7-3-4-17(14-21)16-22-10-12-23(13-11-22)20-9-8-18-5-1-2-6-19(18)15-20/h1-7,14,20,24H,8-13,15-16H2. The van der Waals surface area contributed by atoms with Gasteiger partial charge in [0.25, 0.3) is 0 Å². The average Bonchev–Trinajstić information content (AvgIpc) is 2.62. The number of hydrogen-bond acceptors (Lipinski definition) is 3. The van der Waals surface area contributed by atoms with Crippen molar-refractivity contribution in [1.29, 1.82) is 0 Å². The van der Waals surface area contributed by atoms with Gasteiger partial charge in [-0.05, 0) is 48.1 Å². The molecule has 0 aromatic heterocycles. The molecule has 0 bridgehead atoms. The summed E-state index contributed by atoms with van der Waals surface area (Å²) in [5, 5.41) is 9.61. The Balaban J connectivity index is 1.32. The first-order valence-corrected chi connectivity index (χ1v) is 9.09. The molecule has 1 unspecified atom stereocenters. The molecule has 0 radical (unpaired) electrons. The third-order valence-electron chi connectivity index (χ3n) is 5.56. The molecule has 1 aliphatic heterocycles. The highest BCUT2D eigenvalue weighted by Crippen LogP contribution is 2.25. The SMILES string of the molecule is Oc1cccc(CN2CCN(C3CCc4ccccc4C3)CC2)c1. The number of aromatic hydroxyl groups is 1. The van der Waals surface area contributed by atoms with Gasteiger partial charge in [0.2, 0.25) is 0 Å². The van der Waals surface area contributed by atoms with E-state index in [0.717, 1.165) is 32.7 Å². The highest BCUT2D eigenvalue weighted by molar-refractivity contribution is 5.30. The minimum Gasteiger partial charge on any atom is -0.508 e. The molecule has 1 heterocycles. The quantitative estimate of drug-likeness (QED) is 0.941. The number of nitrogens with zero attached hydrogens (tertiary/aromatic N) is 2. The Bertz CT molecular complexity index is 692. The molecule has 2 aromatic rings. The van der Waals surface area contributed by atoms with Crippen LogP contribution in [0.25, 0.3) is 0 Å². The van der Waals surface area contributed by atoms with Crippen LogP contribution in [0.3, 0.4) is 0 Å². The first kappa shape index (κ1) is 15.7. The van der Waals surface area contributed by atoms with Gasteiger partial charge in [0.05, 0.1) is 0 Å². The fraction of sp³-hybridized carbons (Fsp3) is 0.429. The molecule has 1 saturated heterocycles. The van der Waals surface area contributed by atoms with Crippen LogP contribution in [0.5, 0.6) is 5.75 Å². The van der Waals surface area contributed by atoms with Gasteiger partial charge in [0, 0.05) is 38.8 Å². The van der Waals surface area contributed by atoms with Crippen LogP contribution in [0.4, 0.5) is 0 Å². The molecule has 2 aromatic carbocycles. The van der Waals surface area contributed by atoms with Crippen molar-refractivity contribution in [2.24, 2.45) is 0 Å². The number of rotatable bonds is 3. The lowest BCUT2D eigenvalue weighted by atomic mass is 9.87. The zero-order valence-corrected chi connectivity index (χ0v) is 14.2. The van der Waals surface area contributed by atoms with E-state index in [9.17, 15) is 5.11 Å². The third kappa shape index (κ3) is 3.47. The van der Waals surface area contributed by atoms with Gasteiger partial charge in [-0.1, -0.05) is 36.4 Å². The fourth-order valence-corrected chi connectivity index (χ4v) is 4.19. The van der Waals surface area contributed by atoms with Crippen LogP contribution in [0, 0.1) is 0 Å². The summed E-state index contributed by atoms with van der Waals surface area (Å²) in [5.41, 5.74) is 4.31. The maximum atomic E-state index is 9.61. The molecule has 3 nitrogen and oxygen atoms in total. The summed E-state index contributed by atoms with van der Waals surface area (Å²) in [6, 6.07) is 17.3. The van der Waals surface area contributed by atoms with Crippen molar-refractivity contribution >= 4 is 0 Å². The lowest BCUT2D eigenvalue weighted by molar-refractivity contribution is 0.0856. The van der Waals surface area contributed by atoms with E-state index in [4.69, 9.17) is 0 Å². The molecule has 0 saturated carbocycles. The zero-order chi connectivity index (χ0) is 16.4. The number of hydrogen-bond donors (Lipinski definition) is 1. The Morgan fingerprint density at radius 1 is 0.917 bits per heavy atom. The van der Waals surface area contributed by atoms with Crippen molar-refractivity contribution in [3.8, 4) is 5.75 Å². The van der Waals surface area contributed by atoms with Gasteiger partial charge in [0.1, 0.15) is 5.75 Å². The second kappa shape index (κ2) is 6.96. The van der Waals surface area contributed by atoms with Gasteiger partial charge in [-0.2, -0.15) is 0 Å². The molecule has 0 spiro atoms. The maximum Gasteiger partial charge on any atom is 0.115 e. The maximum absolute atomic E-state index is 9.61. The lowest BCUT2D eigenvalue weighted by Crippen LogP contribution is -2.51. The van der Waals surface area contributed by atoms with Crippen LogP contribution in [0.2, 0.25) is 0 Å². The van der Waals surface area contributed by atoms with E-state index in [0.29, 0.717) is 11.8 Å². The molecule has 126 valence electrons. The Hall–Kier alpha value is -1.84. The number of fused-ring (bicyclic) bond motifs is 1. The summed E-state index contributed by atoms with van der Waals surface area (Å²) in [4.78, 5) is 5.19. The van der Waals surface area contributed by atoms with Gasteiger partial charge in [-0.3, -0.25) is 9.80 Å². The molecule has 1 N–H and O–H groups in total. The van der Waals surface area contributed by atoms with Crippen molar-refractivity contribution in [3.63, 3.8) is 0 Å². The number of benzene rings is 2. The molecule has 4 rings (SSSR count). The Kier molecular flexibility index (Phi) is 4.54. The smallest absolute Gasteiger partial charge is 0.115 e. The molecule has 3 heteroatoms. The van der Waals surface area contributed by atoms with Crippen LogP contribution in [-0.2, 0) is 19.4 Å². The summed E-state index contributed by atoms with van der Waals surface area (Å²) in [7, 11) is 0. The summed E-state index contributed by atoms with van der Waals surface area (Å²) in [6.07, 6.45) is 3.73. The normalized spacial score (nSPS) is 22.2. The third-order valence-corrected chi connectivity index (χ3v) is 5.56. The highest BCUT2D eigenvalue weighted by atomic mass is 16.3. The Morgan fingerprint density at radius 3 is 2.50 bits per heavy atom. The highest BCUT2D eigenvalue weighted by Gasteiger charge is 2.27. The van der Waals surface area contributed by atoms with E-state index in [1.54, 1.807) is 17.2 Å². The van der Waals surface area contributed by atoms with E-state index >= 15 is 0 Å². The van der Waals surface area contributed by atoms with Crippen molar-refractivity contribution in [1.82, 2.24) is 9.80 Å². The average molecular weight is 322 g/mol. The molecular formula is C21H26N2O. The predicted octanol–water partition coefficient (Wildman–Crippen LogP) is 3.07. The van der Waals surface area contributed by atoms with Crippen molar-refractivity contribution < 1.29 is 5.11 Å². The lowest BCUT2D eigenvalue weighted by Gasteiger charge is -2.41. The summed E-state index contributed by atoms with van der Waals surface area (Å²) >= 11 is 0. The van der Waals surface area contributed by atoms with E-state index in [2.05, 4.69) is 40.1 Å². The molecule has 0 amide bonds. The van der Waals surface area contributed by atoms with E-state index < -0.39 is 0 Å². The topological polar surface area (TPSA) is 26.7 Å². The van der Waals surface area contributed by atoms with Gasteiger partial charge in [0.15, 0.2) is 0 Å². The molecule has 1 fully saturated rings. The summed E-state index contributed by atoms with van der Waals surface area (Å²) in [6.45, 7) is 5.49. The van der Waals surface area contributed by atoms with Crippen LogP contribution in [0.1, 0.15) is 23.1 Å². The molecule has 2 aliphatic rings. The van der Waals surface area contributed by atoms with Crippen LogP contribution in [0.15, 0.2) is 48.5 Å². The molecule has 1 aliphatic carbocycles. The van der Waals surface area contributed by atoms with E-state index in [1.165, 1.54) is 24.8 Å². The number of aryl methyl sites for hydroxylation is 1. The van der Waals surface area contributed by atoms with Crippen LogP contribution >= 0.6 is 0 Å². The Morgan fingerprint density at radius 2 is 1.71 bits per heavy atom. The van der Waals surface area contributed by atoms with Crippen molar-refractivity contribution in [3.05, 3.63) is 65.2 Å².